The summed E-state index contributed by atoms with van der Waals surface area (Å²) in [5.41, 5.74) is 0. The van der Waals surface area contributed by atoms with E-state index in [1.807, 2.05) is 21.1 Å². The van der Waals surface area contributed by atoms with Crippen LogP contribution in [0, 0.1) is 0 Å². The van der Waals surface area contributed by atoms with Crippen LogP contribution >= 0.6 is 7.82 Å². The van der Waals surface area contributed by atoms with Crippen LogP contribution in [-0.4, -0.2) is 70.0 Å². The average Bonchev–Trinajstić information content (AvgIpc) is 3.58. The number of unbranched alkanes of at least 4 members (excludes halogenated alkanes) is 49. The fourth-order valence-electron chi connectivity index (χ4n) is 11.5. The first-order valence-electron chi connectivity index (χ1n) is 39.0. The van der Waals surface area contributed by atoms with Crippen molar-refractivity contribution in [2.75, 3.05) is 47.5 Å². The Morgan fingerprint density at radius 3 is 0.889 bits per heavy atom. The van der Waals surface area contributed by atoms with Crippen molar-refractivity contribution in [2.24, 2.45) is 0 Å². The predicted octanol–water partition coefficient (Wildman–Crippen LogP) is 25.1. The topological polar surface area (TPSA) is 111 Å². The summed E-state index contributed by atoms with van der Waals surface area (Å²) >= 11 is 0. The number of carbonyl (C=O) groups excluding carboxylic acids is 2. The van der Waals surface area contributed by atoms with Gasteiger partial charge in [0, 0.05) is 12.8 Å². The number of allylic oxidation sites excluding steroid dienone is 10. The molecule has 0 rings (SSSR count). The molecule has 0 aliphatic heterocycles. The van der Waals surface area contributed by atoms with E-state index in [9.17, 15) is 19.0 Å². The van der Waals surface area contributed by atoms with Gasteiger partial charge in [-0.15, -0.1) is 0 Å². The van der Waals surface area contributed by atoms with Crippen molar-refractivity contribution in [3.05, 3.63) is 60.8 Å². The molecule has 0 aromatic rings. The summed E-state index contributed by atoms with van der Waals surface area (Å²) in [7, 11) is 1.18. The first-order chi connectivity index (χ1) is 44.0. The molecule has 0 N–H and O–H groups in total. The van der Waals surface area contributed by atoms with Gasteiger partial charge in [-0.2, -0.15) is 0 Å². The molecule has 0 radical (unpaired) electrons. The second kappa shape index (κ2) is 71.0. The van der Waals surface area contributed by atoms with E-state index in [4.69, 9.17) is 18.5 Å². The summed E-state index contributed by atoms with van der Waals surface area (Å²) in [6, 6.07) is 0. The normalized spacial score (nSPS) is 13.4. The molecule has 0 aromatic heterocycles. The van der Waals surface area contributed by atoms with Crippen molar-refractivity contribution in [3.8, 4) is 0 Å². The van der Waals surface area contributed by atoms with Gasteiger partial charge in [-0.1, -0.05) is 351 Å². The number of hydrogen-bond acceptors (Lipinski definition) is 8. The maximum absolute atomic E-state index is 12.9. The summed E-state index contributed by atoms with van der Waals surface area (Å²) < 4.78 is 34.4. The number of carbonyl (C=O) groups is 2. The molecule has 0 aromatic carbocycles. The molecule has 0 saturated heterocycles. The van der Waals surface area contributed by atoms with E-state index in [0.717, 1.165) is 64.2 Å². The zero-order chi connectivity index (χ0) is 65.5. The van der Waals surface area contributed by atoms with E-state index in [2.05, 4.69) is 74.6 Å². The molecule has 2 unspecified atom stereocenters. The smallest absolute Gasteiger partial charge is 0.306 e. The minimum atomic E-state index is -4.64. The van der Waals surface area contributed by atoms with Crippen LogP contribution in [0.15, 0.2) is 60.8 Å². The van der Waals surface area contributed by atoms with Crippen molar-refractivity contribution in [2.45, 2.75) is 392 Å². The molecule has 0 spiro atoms. The highest BCUT2D eigenvalue weighted by atomic mass is 31.2. The maximum Gasteiger partial charge on any atom is 0.306 e. The molecule has 10 heteroatoms. The lowest BCUT2D eigenvalue weighted by Crippen LogP contribution is -2.37. The number of rotatable bonds is 73. The van der Waals surface area contributed by atoms with E-state index in [0.29, 0.717) is 17.4 Å². The third-order valence-corrected chi connectivity index (χ3v) is 18.5. The standard InChI is InChI=1S/C80H150NO8P/c1-6-8-10-12-14-16-18-20-22-24-26-28-30-32-33-34-35-36-37-38-39-40-41-42-43-44-45-46-47-49-50-52-54-56-58-60-62-64-66-68-70-72-79(82)86-76-78(77-88-90(84,85)87-75-74-81(3,4)5)89-80(83)73-71-69-67-65-63-61-59-57-55-53-51-48-31-29-27-25-23-21-19-17-15-13-11-9-7-2/h18-21,24-27,31,48,78H,6-17,22-23,28-30,32-47,49-77H2,1-5H3/b20-18-,21-19-,26-24-,27-25-,48-31-. The molecular formula is C80H150NO8P. The number of ether oxygens (including phenoxy) is 2. The Balaban J connectivity index is 3.89. The van der Waals surface area contributed by atoms with Crippen molar-refractivity contribution in [1.29, 1.82) is 0 Å². The van der Waals surface area contributed by atoms with Gasteiger partial charge in [0.25, 0.3) is 7.82 Å². The highest BCUT2D eigenvalue weighted by molar-refractivity contribution is 7.45. The number of esters is 2. The highest BCUT2D eigenvalue weighted by Crippen LogP contribution is 2.38. The number of phosphoric acid groups is 1. The van der Waals surface area contributed by atoms with Gasteiger partial charge in [0.15, 0.2) is 6.10 Å². The van der Waals surface area contributed by atoms with Gasteiger partial charge < -0.3 is 27.9 Å². The average molecular weight is 1290 g/mol. The number of quaternary nitrogens is 1. The summed E-state index contributed by atoms with van der Waals surface area (Å²) in [6.07, 6.45) is 94.9. The van der Waals surface area contributed by atoms with Crippen LogP contribution in [0.3, 0.4) is 0 Å². The number of hydrogen-bond donors (Lipinski definition) is 0. The third-order valence-electron chi connectivity index (χ3n) is 17.5. The van der Waals surface area contributed by atoms with Gasteiger partial charge >= 0.3 is 11.9 Å². The molecule has 2 atom stereocenters. The molecule has 90 heavy (non-hydrogen) atoms. The lowest BCUT2D eigenvalue weighted by atomic mass is 10.0. The second-order valence-corrected chi connectivity index (χ2v) is 29.1. The fourth-order valence-corrected chi connectivity index (χ4v) is 12.3. The van der Waals surface area contributed by atoms with Crippen molar-refractivity contribution < 1.29 is 42.1 Å². The first kappa shape index (κ1) is 87.7. The zero-order valence-corrected chi connectivity index (χ0v) is 61.2. The number of nitrogens with zero attached hydrogens (tertiary/aromatic N) is 1. The molecule has 0 amide bonds. The van der Waals surface area contributed by atoms with Gasteiger partial charge in [0.05, 0.1) is 27.7 Å². The quantitative estimate of drug-likeness (QED) is 0.0195. The molecule has 0 saturated carbocycles. The molecule has 9 nitrogen and oxygen atoms in total. The van der Waals surface area contributed by atoms with Crippen molar-refractivity contribution in [3.63, 3.8) is 0 Å². The second-order valence-electron chi connectivity index (χ2n) is 27.7. The largest absolute Gasteiger partial charge is 0.756 e. The zero-order valence-electron chi connectivity index (χ0n) is 60.4. The van der Waals surface area contributed by atoms with Gasteiger partial charge in [-0.3, -0.25) is 14.2 Å². The summed E-state index contributed by atoms with van der Waals surface area (Å²) in [5.74, 6) is -0.820. The van der Waals surface area contributed by atoms with E-state index in [-0.39, 0.29) is 32.0 Å². The number of phosphoric ester groups is 1. The van der Waals surface area contributed by atoms with Gasteiger partial charge in [-0.25, -0.2) is 0 Å². The van der Waals surface area contributed by atoms with E-state index in [1.165, 1.54) is 289 Å². The van der Waals surface area contributed by atoms with Crippen LogP contribution in [0.1, 0.15) is 386 Å². The number of likely N-dealkylation sites (N-methyl/N-ethyl adjacent to an activating group) is 1. The molecule has 0 fully saturated rings. The minimum Gasteiger partial charge on any atom is -0.756 e. The monoisotopic (exact) mass is 1280 g/mol. The van der Waals surface area contributed by atoms with Gasteiger partial charge in [0.1, 0.15) is 19.8 Å². The summed E-state index contributed by atoms with van der Waals surface area (Å²) in [6.45, 7) is 4.27. The Morgan fingerprint density at radius 2 is 0.600 bits per heavy atom. The Bertz CT molecular complexity index is 1700. The van der Waals surface area contributed by atoms with Gasteiger partial charge in [0.2, 0.25) is 0 Å². The predicted molar refractivity (Wildman–Crippen MR) is 388 cm³/mol. The van der Waals surface area contributed by atoms with Crippen LogP contribution in [0.4, 0.5) is 0 Å². The molecule has 0 aliphatic rings. The molecule has 0 aliphatic carbocycles. The SMILES string of the molecule is CCCCCCC/C=C\C/C=C\C/C=C\CCCCCCCCCCCCC(=O)OC(COC(=O)CCCCCCCCCCCCCCCCCCCCCCCCCCCCCCC/C=C\C/C=C\CCCCCCC)COP(=O)([O-])OCC[N+](C)(C)C. The Labute approximate surface area is 559 Å². The fraction of sp³-hybridized carbons (Fsp3) is 0.850. The van der Waals surface area contributed by atoms with Crippen molar-refractivity contribution in [1.82, 2.24) is 0 Å². The Kier molecular flexibility index (Phi) is 69.2. The highest BCUT2D eigenvalue weighted by Gasteiger charge is 2.22. The van der Waals surface area contributed by atoms with Gasteiger partial charge in [-0.05, 0) is 83.5 Å². The Hall–Kier alpha value is -2.29. The first-order valence-corrected chi connectivity index (χ1v) is 40.5. The molecule has 528 valence electrons. The summed E-state index contributed by atoms with van der Waals surface area (Å²) in [4.78, 5) is 38.1. The van der Waals surface area contributed by atoms with E-state index < -0.39 is 26.5 Å². The Morgan fingerprint density at radius 1 is 0.344 bits per heavy atom. The third kappa shape index (κ3) is 74.7. The maximum atomic E-state index is 12.9. The van der Waals surface area contributed by atoms with Crippen LogP contribution in [0.25, 0.3) is 0 Å². The molecular weight excluding hydrogens is 1130 g/mol. The minimum absolute atomic E-state index is 0.0309. The van der Waals surface area contributed by atoms with Crippen LogP contribution in [0.2, 0.25) is 0 Å². The van der Waals surface area contributed by atoms with E-state index >= 15 is 0 Å². The molecule has 0 heterocycles. The molecule has 0 bridgehead atoms. The lowest BCUT2D eigenvalue weighted by Gasteiger charge is -2.28. The van der Waals surface area contributed by atoms with E-state index in [1.54, 1.807) is 0 Å². The van der Waals surface area contributed by atoms with Crippen molar-refractivity contribution >= 4 is 19.8 Å². The van der Waals surface area contributed by atoms with Crippen LogP contribution in [-0.2, 0) is 32.7 Å². The van der Waals surface area contributed by atoms with Crippen LogP contribution in [0.5, 0.6) is 0 Å². The lowest BCUT2D eigenvalue weighted by molar-refractivity contribution is -0.870. The summed E-state index contributed by atoms with van der Waals surface area (Å²) in [5, 5.41) is 0. The van der Waals surface area contributed by atoms with Crippen LogP contribution < -0.4 is 4.89 Å².